The van der Waals surface area contributed by atoms with Gasteiger partial charge in [0.05, 0.1) is 10.6 Å². The van der Waals surface area contributed by atoms with E-state index in [0.717, 1.165) is 31.9 Å². The van der Waals surface area contributed by atoms with Crippen LogP contribution in [0.5, 0.6) is 0 Å². The van der Waals surface area contributed by atoms with Crippen molar-refractivity contribution in [2.45, 2.75) is 4.90 Å². The third kappa shape index (κ3) is 2.76. The Kier molecular flexibility index (Phi) is 3.49. The number of sulfone groups is 1. The minimum absolute atomic E-state index is 0.362. The fraction of sp³-hybridized carbons (Fsp3) is 0.500. The molecule has 0 radical (unpaired) electrons. The van der Waals surface area contributed by atoms with Gasteiger partial charge in [-0.1, -0.05) is 0 Å². The normalized spacial score (nSPS) is 18.0. The van der Waals surface area contributed by atoms with Crippen molar-refractivity contribution in [3.63, 3.8) is 0 Å². The minimum atomic E-state index is -3.22. The van der Waals surface area contributed by atoms with Crippen LogP contribution in [0, 0.1) is 0 Å². The fourth-order valence-electron chi connectivity index (χ4n) is 2.14. The Morgan fingerprint density at radius 2 is 1.78 bits per heavy atom. The molecule has 0 unspecified atom stereocenters. The largest absolute Gasteiger partial charge is 0.399 e. The summed E-state index contributed by atoms with van der Waals surface area (Å²) >= 11 is 0. The minimum Gasteiger partial charge on any atom is -0.399 e. The standard InChI is InChI=1S/C12H19N3O2S/c1-14-5-7-15(8-6-14)11-9-10(13)3-4-12(11)18(2,16)17/h3-4,9H,5-8,13H2,1-2H3. The van der Waals surface area contributed by atoms with Crippen molar-refractivity contribution in [3.8, 4) is 0 Å². The molecule has 0 saturated carbocycles. The molecule has 1 fully saturated rings. The number of nitrogen functional groups attached to an aromatic ring is 1. The van der Waals surface area contributed by atoms with E-state index in [9.17, 15) is 8.42 Å². The summed E-state index contributed by atoms with van der Waals surface area (Å²) in [7, 11) is -1.16. The van der Waals surface area contributed by atoms with Gasteiger partial charge < -0.3 is 15.5 Å². The molecule has 1 aromatic rings. The Morgan fingerprint density at radius 1 is 1.17 bits per heavy atom. The first kappa shape index (κ1) is 13.2. The monoisotopic (exact) mass is 269 g/mol. The highest BCUT2D eigenvalue weighted by atomic mass is 32.2. The van der Waals surface area contributed by atoms with E-state index in [1.54, 1.807) is 18.2 Å². The van der Waals surface area contributed by atoms with Gasteiger partial charge >= 0.3 is 0 Å². The van der Waals surface area contributed by atoms with Crippen LogP contribution in [0.15, 0.2) is 23.1 Å². The van der Waals surface area contributed by atoms with E-state index in [1.807, 2.05) is 0 Å². The number of rotatable bonds is 2. The van der Waals surface area contributed by atoms with Crippen LogP contribution < -0.4 is 10.6 Å². The first-order chi connectivity index (χ1) is 8.38. The predicted octanol–water partition coefficient (Wildman–Crippen LogP) is 0.424. The molecule has 1 saturated heterocycles. The Balaban J connectivity index is 2.40. The van der Waals surface area contributed by atoms with Gasteiger partial charge in [-0.15, -0.1) is 0 Å². The summed E-state index contributed by atoms with van der Waals surface area (Å²) in [5.41, 5.74) is 7.09. The number of hydrogen-bond donors (Lipinski definition) is 1. The number of anilines is 2. The van der Waals surface area contributed by atoms with Crippen LogP contribution in [0.2, 0.25) is 0 Å². The lowest BCUT2D eigenvalue weighted by atomic mass is 10.2. The summed E-state index contributed by atoms with van der Waals surface area (Å²) in [6.45, 7) is 3.50. The number of piperazine rings is 1. The second kappa shape index (κ2) is 4.78. The van der Waals surface area contributed by atoms with Crippen LogP contribution in [0.1, 0.15) is 0 Å². The first-order valence-electron chi connectivity index (χ1n) is 5.91. The van der Waals surface area contributed by atoms with Gasteiger partial charge in [-0.2, -0.15) is 0 Å². The maximum Gasteiger partial charge on any atom is 0.177 e. The number of nitrogens with two attached hydrogens (primary N) is 1. The van der Waals surface area contributed by atoms with E-state index in [1.165, 1.54) is 6.26 Å². The molecule has 100 valence electrons. The molecular weight excluding hydrogens is 250 g/mol. The molecule has 1 aliphatic rings. The Labute approximate surface area is 108 Å². The molecule has 6 heteroatoms. The van der Waals surface area contributed by atoms with E-state index in [-0.39, 0.29) is 0 Å². The van der Waals surface area contributed by atoms with Crippen LogP contribution >= 0.6 is 0 Å². The fourth-order valence-corrected chi connectivity index (χ4v) is 3.03. The van der Waals surface area contributed by atoms with Crippen molar-refractivity contribution in [3.05, 3.63) is 18.2 Å². The van der Waals surface area contributed by atoms with Crippen molar-refractivity contribution in [1.82, 2.24) is 4.90 Å². The zero-order valence-corrected chi connectivity index (χ0v) is 11.6. The van der Waals surface area contributed by atoms with Crippen molar-refractivity contribution in [2.75, 3.05) is 50.1 Å². The average Bonchev–Trinajstić information content (AvgIpc) is 2.28. The number of benzene rings is 1. The molecule has 18 heavy (non-hydrogen) atoms. The molecule has 0 spiro atoms. The van der Waals surface area contributed by atoms with Crippen molar-refractivity contribution < 1.29 is 8.42 Å². The van der Waals surface area contributed by atoms with Gasteiger partial charge in [0.1, 0.15) is 0 Å². The van der Waals surface area contributed by atoms with Crippen LogP contribution in [0.25, 0.3) is 0 Å². The molecule has 0 aromatic heterocycles. The maximum atomic E-state index is 11.8. The summed E-state index contributed by atoms with van der Waals surface area (Å²) in [5, 5.41) is 0. The second-order valence-electron chi connectivity index (χ2n) is 4.79. The summed E-state index contributed by atoms with van der Waals surface area (Å²) in [6, 6.07) is 4.98. The van der Waals surface area contributed by atoms with Crippen LogP contribution in [0.4, 0.5) is 11.4 Å². The van der Waals surface area contributed by atoms with Crippen molar-refractivity contribution in [2.24, 2.45) is 0 Å². The lowest BCUT2D eigenvalue weighted by molar-refractivity contribution is 0.312. The Bertz CT molecular complexity index is 534. The van der Waals surface area contributed by atoms with E-state index in [2.05, 4.69) is 16.8 Å². The Hall–Kier alpha value is -1.27. The number of hydrogen-bond acceptors (Lipinski definition) is 5. The van der Waals surface area contributed by atoms with Gasteiger partial charge in [-0.05, 0) is 25.2 Å². The van der Waals surface area contributed by atoms with Gasteiger partial charge in [0.25, 0.3) is 0 Å². The van der Waals surface area contributed by atoms with Gasteiger partial charge in [0, 0.05) is 38.1 Å². The van der Waals surface area contributed by atoms with Crippen LogP contribution in [0.3, 0.4) is 0 Å². The summed E-state index contributed by atoms with van der Waals surface area (Å²) in [4.78, 5) is 4.68. The van der Waals surface area contributed by atoms with Crippen molar-refractivity contribution in [1.29, 1.82) is 0 Å². The Morgan fingerprint density at radius 3 is 2.33 bits per heavy atom. The lowest BCUT2D eigenvalue weighted by Crippen LogP contribution is -2.44. The van der Waals surface area contributed by atoms with Gasteiger partial charge in [-0.3, -0.25) is 0 Å². The highest BCUT2D eigenvalue weighted by Crippen LogP contribution is 2.28. The molecule has 0 bridgehead atoms. The number of nitrogens with zero attached hydrogens (tertiary/aromatic N) is 2. The second-order valence-corrected chi connectivity index (χ2v) is 6.77. The van der Waals surface area contributed by atoms with E-state index in [0.29, 0.717) is 10.6 Å². The SMILES string of the molecule is CN1CCN(c2cc(N)ccc2S(C)(=O)=O)CC1. The zero-order chi connectivity index (χ0) is 13.3. The molecule has 1 aromatic carbocycles. The highest BCUT2D eigenvalue weighted by molar-refractivity contribution is 7.90. The van der Waals surface area contributed by atoms with Crippen LogP contribution in [-0.4, -0.2) is 52.8 Å². The van der Waals surface area contributed by atoms with E-state index in [4.69, 9.17) is 5.73 Å². The summed E-state index contributed by atoms with van der Waals surface area (Å²) in [5.74, 6) is 0. The smallest absolute Gasteiger partial charge is 0.177 e. The summed E-state index contributed by atoms with van der Waals surface area (Å²) < 4.78 is 23.6. The molecule has 0 atom stereocenters. The molecular formula is C12H19N3O2S. The van der Waals surface area contributed by atoms with Gasteiger partial charge in [-0.25, -0.2) is 8.42 Å². The van der Waals surface area contributed by atoms with Gasteiger partial charge in [0.2, 0.25) is 0 Å². The molecule has 2 rings (SSSR count). The van der Waals surface area contributed by atoms with Gasteiger partial charge in [0.15, 0.2) is 9.84 Å². The molecule has 2 N–H and O–H groups in total. The van der Waals surface area contributed by atoms with E-state index >= 15 is 0 Å². The quantitative estimate of drug-likeness (QED) is 0.788. The maximum absolute atomic E-state index is 11.8. The van der Waals surface area contributed by atoms with Crippen molar-refractivity contribution >= 4 is 21.2 Å². The third-order valence-corrected chi connectivity index (χ3v) is 4.37. The molecule has 0 aliphatic carbocycles. The van der Waals surface area contributed by atoms with E-state index < -0.39 is 9.84 Å². The molecule has 0 amide bonds. The highest BCUT2D eigenvalue weighted by Gasteiger charge is 2.21. The predicted molar refractivity (Wildman–Crippen MR) is 73.7 cm³/mol. The first-order valence-corrected chi connectivity index (χ1v) is 7.80. The van der Waals surface area contributed by atoms with Crippen LogP contribution in [-0.2, 0) is 9.84 Å². The molecule has 1 heterocycles. The molecule has 1 aliphatic heterocycles. The topological polar surface area (TPSA) is 66.6 Å². The average molecular weight is 269 g/mol. The lowest BCUT2D eigenvalue weighted by Gasteiger charge is -2.35. The summed E-state index contributed by atoms with van der Waals surface area (Å²) in [6.07, 6.45) is 1.23. The zero-order valence-electron chi connectivity index (χ0n) is 10.8. The third-order valence-electron chi connectivity index (χ3n) is 3.23. The number of likely N-dealkylation sites (N-methyl/N-ethyl adjacent to an activating group) is 1. The molecule has 5 nitrogen and oxygen atoms in total.